The molecule has 0 saturated heterocycles. The van der Waals surface area contributed by atoms with Crippen molar-refractivity contribution in [2.24, 2.45) is 0 Å². The average molecular weight is 435 g/mol. The molecule has 1 aromatic heterocycles. The second-order valence-electron chi connectivity index (χ2n) is 3.85. The number of hydrogen-bond donors (Lipinski definition) is 2. The van der Waals surface area contributed by atoms with Crippen LogP contribution in [0, 0.1) is 0 Å². The number of carboxylic acid groups (broad SMARTS) is 1. The summed E-state index contributed by atoms with van der Waals surface area (Å²) in [6, 6.07) is 8.96. The minimum atomic E-state index is -1.11. The minimum absolute atomic E-state index is 0.211. The maximum Gasteiger partial charge on any atom is 0.341 e. The molecule has 0 atom stereocenters. The van der Waals surface area contributed by atoms with Gasteiger partial charge in [-0.1, -0.05) is 18.2 Å². The number of amides is 1. The highest BCUT2D eigenvalue weighted by molar-refractivity contribution is 9.13. The number of carboxylic acids is 1. The standard InChI is InChI=1S/C13H9Br2NO4S/c14-9-10(20-6-8(17)18)11(21-12(9)15)13(19)16-7-4-2-1-3-5-7/h1-5H,6H2,(H,16,19)(H,17,18). The summed E-state index contributed by atoms with van der Waals surface area (Å²) in [7, 11) is 0. The van der Waals surface area contributed by atoms with Crippen LogP contribution in [0.1, 0.15) is 9.67 Å². The first kappa shape index (κ1) is 16.0. The van der Waals surface area contributed by atoms with Crippen LogP contribution in [-0.4, -0.2) is 23.6 Å². The van der Waals surface area contributed by atoms with Crippen molar-refractivity contribution in [2.45, 2.75) is 0 Å². The van der Waals surface area contributed by atoms with Gasteiger partial charge < -0.3 is 15.2 Å². The molecule has 1 aromatic carbocycles. The number of nitrogens with one attached hydrogen (secondary N) is 1. The Labute approximate surface area is 141 Å². The molecule has 0 aliphatic rings. The van der Waals surface area contributed by atoms with Gasteiger partial charge >= 0.3 is 5.97 Å². The zero-order valence-corrected chi connectivity index (χ0v) is 14.4. The number of benzene rings is 1. The van der Waals surface area contributed by atoms with E-state index in [-0.39, 0.29) is 11.7 Å². The molecule has 0 bridgehead atoms. The molecular weight excluding hydrogens is 426 g/mol. The van der Waals surface area contributed by atoms with E-state index in [9.17, 15) is 9.59 Å². The predicted molar refractivity (Wildman–Crippen MR) is 87.2 cm³/mol. The van der Waals surface area contributed by atoms with Crippen LogP contribution >= 0.6 is 43.2 Å². The van der Waals surface area contributed by atoms with Gasteiger partial charge in [0.05, 0.1) is 8.26 Å². The van der Waals surface area contributed by atoms with E-state index in [0.717, 1.165) is 11.3 Å². The average Bonchev–Trinajstić information content (AvgIpc) is 2.74. The smallest absolute Gasteiger partial charge is 0.341 e. The van der Waals surface area contributed by atoms with Gasteiger partial charge in [0, 0.05) is 5.69 Å². The van der Waals surface area contributed by atoms with Crippen LogP contribution in [-0.2, 0) is 4.79 Å². The molecule has 0 saturated carbocycles. The quantitative estimate of drug-likeness (QED) is 0.745. The number of rotatable bonds is 5. The summed E-state index contributed by atoms with van der Waals surface area (Å²) in [6.07, 6.45) is 0. The molecule has 8 heteroatoms. The lowest BCUT2D eigenvalue weighted by molar-refractivity contribution is -0.139. The maximum atomic E-state index is 12.3. The Morgan fingerprint density at radius 3 is 2.52 bits per heavy atom. The molecule has 0 spiro atoms. The van der Waals surface area contributed by atoms with Crippen molar-refractivity contribution in [2.75, 3.05) is 11.9 Å². The van der Waals surface area contributed by atoms with E-state index in [0.29, 0.717) is 18.8 Å². The van der Waals surface area contributed by atoms with Gasteiger partial charge in [-0.2, -0.15) is 0 Å². The second-order valence-corrected chi connectivity index (χ2v) is 6.98. The number of carbonyl (C=O) groups excluding carboxylic acids is 1. The van der Waals surface area contributed by atoms with E-state index in [1.807, 2.05) is 6.07 Å². The molecule has 0 radical (unpaired) electrons. The molecular formula is C13H9Br2NO4S. The van der Waals surface area contributed by atoms with E-state index in [4.69, 9.17) is 9.84 Å². The fourth-order valence-corrected chi connectivity index (χ4v) is 3.60. The molecule has 1 heterocycles. The van der Waals surface area contributed by atoms with Gasteiger partial charge in [0.15, 0.2) is 12.4 Å². The predicted octanol–water partition coefficient (Wildman–Crippen LogP) is 3.99. The molecule has 0 aliphatic heterocycles. The van der Waals surface area contributed by atoms with Gasteiger partial charge in [-0.05, 0) is 44.0 Å². The van der Waals surface area contributed by atoms with Crippen LogP contribution in [0.2, 0.25) is 0 Å². The van der Waals surface area contributed by atoms with E-state index in [1.165, 1.54) is 0 Å². The van der Waals surface area contributed by atoms with Crippen LogP contribution < -0.4 is 10.1 Å². The van der Waals surface area contributed by atoms with E-state index in [2.05, 4.69) is 37.2 Å². The van der Waals surface area contributed by atoms with Crippen LogP contribution in [0.4, 0.5) is 5.69 Å². The lowest BCUT2D eigenvalue weighted by atomic mass is 10.3. The fraction of sp³-hybridized carbons (Fsp3) is 0.0769. The van der Waals surface area contributed by atoms with Crippen molar-refractivity contribution in [3.8, 4) is 5.75 Å². The van der Waals surface area contributed by atoms with Gasteiger partial charge in [0.1, 0.15) is 4.88 Å². The minimum Gasteiger partial charge on any atom is -0.479 e. The van der Waals surface area contributed by atoms with E-state index < -0.39 is 12.6 Å². The van der Waals surface area contributed by atoms with Crippen LogP contribution in [0.5, 0.6) is 5.75 Å². The lowest BCUT2D eigenvalue weighted by Crippen LogP contribution is -2.14. The number of carbonyl (C=O) groups is 2. The Morgan fingerprint density at radius 2 is 1.90 bits per heavy atom. The van der Waals surface area contributed by atoms with Crippen molar-refractivity contribution >= 4 is 60.8 Å². The summed E-state index contributed by atoms with van der Waals surface area (Å²) < 4.78 is 6.36. The largest absolute Gasteiger partial charge is 0.479 e. The lowest BCUT2D eigenvalue weighted by Gasteiger charge is -2.07. The molecule has 1 amide bonds. The summed E-state index contributed by atoms with van der Waals surface area (Å²) in [5.41, 5.74) is 0.646. The van der Waals surface area contributed by atoms with Crippen molar-refractivity contribution in [3.05, 3.63) is 43.5 Å². The molecule has 0 aliphatic carbocycles. The number of aliphatic carboxylic acids is 1. The van der Waals surface area contributed by atoms with Gasteiger partial charge in [0.2, 0.25) is 0 Å². The van der Waals surface area contributed by atoms with E-state index >= 15 is 0 Å². The highest BCUT2D eigenvalue weighted by Gasteiger charge is 2.23. The molecule has 0 fully saturated rings. The number of anilines is 1. The van der Waals surface area contributed by atoms with Crippen molar-refractivity contribution in [3.63, 3.8) is 0 Å². The summed E-state index contributed by atoms with van der Waals surface area (Å²) in [4.78, 5) is 23.2. The third-order valence-corrected chi connectivity index (χ3v) is 5.74. The Hall–Kier alpha value is -1.38. The van der Waals surface area contributed by atoms with Crippen molar-refractivity contribution < 1.29 is 19.4 Å². The van der Waals surface area contributed by atoms with Crippen LogP contribution in [0.25, 0.3) is 0 Å². The number of para-hydroxylation sites is 1. The highest BCUT2D eigenvalue weighted by Crippen LogP contribution is 2.43. The summed E-state index contributed by atoms with van der Waals surface area (Å²) in [5.74, 6) is -1.26. The molecule has 0 unspecified atom stereocenters. The first-order valence-electron chi connectivity index (χ1n) is 5.68. The van der Waals surface area contributed by atoms with Gasteiger partial charge in [-0.15, -0.1) is 11.3 Å². The fourth-order valence-electron chi connectivity index (χ4n) is 1.49. The summed E-state index contributed by atoms with van der Waals surface area (Å²) in [5, 5.41) is 11.4. The normalized spacial score (nSPS) is 10.2. The van der Waals surface area contributed by atoms with Gasteiger partial charge in [0.25, 0.3) is 5.91 Å². The molecule has 2 aromatic rings. The Morgan fingerprint density at radius 1 is 1.24 bits per heavy atom. The topological polar surface area (TPSA) is 75.6 Å². The summed E-state index contributed by atoms with van der Waals surface area (Å²) in [6.45, 7) is -0.520. The third kappa shape index (κ3) is 4.05. The molecule has 2 rings (SSSR count). The number of ether oxygens (including phenoxy) is 1. The van der Waals surface area contributed by atoms with Crippen molar-refractivity contribution in [1.82, 2.24) is 0 Å². The van der Waals surface area contributed by atoms with Crippen LogP contribution in [0.15, 0.2) is 38.6 Å². The highest BCUT2D eigenvalue weighted by atomic mass is 79.9. The molecule has 110 valence electrons. The Bertz CT molecular complexity index is 672. The number of thiophene rings is 1. The maximum absolute atomic E-state index is 12.3. The molecule has 5 nitrogen and oxygen atoms in total. The zero-order valence-electron chi connectivity index (χ0n) is 10.4. The SMILES string of the molecule is O=C(O)COc1c(C(=O)Nc2ccccc2)sc(Br)c1Br. The third-order valence-electron chi connectivity index (χ3n) is 2.35. The van der Waals surface area contributed by atoms with Gasteiger partial charge in [-0.3, -0.25) is 4.79 Å². The first-order valence-corrected chi connectivity index (χ1v) is 8.08. The molecule has 2 N–H and O–H groups in total. The van der Waals surface area contributed by atoms with E-state index in [1.54, 1.807) is 24.3 Å². The van der Waals surface area contributed by atoms with Crippen molar-refractivity contribution in [1.29, 1.82) is 0 Å². The van der Waals surface area contributed by atoms with Crippen LogP contribution in [0.3, 0.4) is 0 Å². The Kier molecular flexibility index (Phi) is 5.38. The zero-order chi connectivity index (χ0) is 15.4. The molecule has 21 heavy (non-hydrogen) atoms. The monoisotopic (exact) mass is 433 g/mol. The first-order chi connectivity index (χ1) is 9.99. The second kappa shape index (κ2) is 7.06. The Balaban J connectivity index is 2.24. The summed E-state index contributed by atoms with van der Waals surface area (Å²) >= 11 is 7.72. The number of hydrogen-bond acceptors (Lipinski definition) is 4. The number of halogens is 2. The van der Waals surface area contributed by atoms with Gasteiger partial charge in [-0.25, -0.2) is 4.79 Å².